The summed E-state index contributed by atoms with van der Waals surface area (Å²) in [7, 11) is 0. The van der Waals surface area contributed by atoms with Gasteiger partial charge in [-0.3, -0.25) is 4.79 Å². The monoisotopic (exact) mass is 396 g/mol. The zero-order valence-corrected chi connectivity index (χ0v) is 15.3. The van der Waals surface area contributed by atoms with Crippen LogP contribution in [0.4, 0.5) is 0 Å². The highest BCUT2D eigenvalue weighted by Crippen LogP contribution is 2.27. The standard InChI is InChI=1S/C20H17BrN2O2/c1-14(8-10-16-5-4-12-25-16)22-23-20(24)13-15-9-11-19(21)18-7-3-2-6-17(15)18/h2-12H,13H2,1H3,(H,23,24)/b10-8+,22-14-. The first-order valence-corrected chi connectivity index (χ1v) is 8.63. The molecule has 0 bridgehead atoms. The molecule has 126 valence electrons. The molecule has 0 aliphatic rings. The molecule has 3 rings (SSSR count). The number of amides is 1. The topological polar surface area (TPSA) is 54.6 Å². The Balaban J connectivity index is 1.67. The van der Waals surface area contributed by atoms with Crippen molar-refractivity contribution in [3.05, 3.63) is 76.7 Å². The molecule has 25 heavy (non-hydrogen) atoms. The maximum Gasteiger partial charge on any atom is 0.244 e. The normalized spacial score (nSPS) is 12.0. The van der Waals surface area contributed by atoms with Crippen molar-refractivity contribution in [3.63, 3.8) is 0 Å². The van der Waals surface area contributed by atoms with Crippen LogP contribution in [-0.2, 0) is 11.2 Å². The predicted octanol–water partition coefficient (Wildman–Crippen LogP) is 4.94. The fourth-order valence-electron chi connectivity index (χ4n) is 2.47. The van der Waals surface area contributed by atoms with E-state index in [1.165, 1.54) is 0 Å². The van der Waals surface area contributed by atoms with E-state index < -0.39 is 0 Å². The van der Waals surface area contributed by atoms with Gasteiger partial charge in [0.25, 0.3) is 0 Å². The van der Waals surface area contributed by atoms with Gasteiger partial charge in [0.15, 0.2) is 0 Å². The minimum Gasteiger partial charge on any atom is -0.465 e. The molecule has 4 nitrogen and oxygen atoms in total. The SMILES string of the molecule is CC(/C=C/c1ccco1)=N/NC(=O)Cc1ccc(Br)c2ccccc12. The third-order valence-corrected chi connectivity index (χ3v) is 4.39. The van der Waals surface area contributed by atoms with Crippen LogP contribution in [0.5, 0.6) is 0 Å². The lowest BCUT2D eigenvalue weighted by Gasteiger charge is -2.07. The van der Waals surface area contributed by atoms with Crippen molar-refractivity contribution in [2.45, 2.75) is 13.3 Å². The number of fused-ring (bicyclic) bond motifs is 1. The molecule has 3 aromatic rings. The molecule has 1 aromatic heterocycles. The molecule has 0 radical (unpaired) electrons. The highest BCUT2D eigenvalue weighted by atomic mass is 79.9. The molecule has 0 saturated heterocycles. The smallest absolute Gasteiger partial charge is 0.244 e. The molecule has 5 heteroatoms. The number of carbonyl (C=O) groups excluding carboxylic acids is 1. The van der Waals surface area contributed by atoms with Gasteiger partial charge in [-0.15, -0.1) is 0 Å². The molecule has 2 aromatic carbocycles. The third-order valence-electron chi connectivity index (χ3n) is 3.70. The quantitative estimate of drug-likeness (QED) is 0.490. The number of halogens is 1. The van der Waals surface area contributed by atoms with E-state index in [4.69, 9.17) is 4.42 Å². The average Bonchev–Trinajstić information content (AvgIpc) is 3.14. The zero-order valence-electron chi connectivity index (χ0n) is 13.7. The fourth-order valence-corrected chi connectivity index (χ4v) is 2.95. The molecule has 0 atom stereocenters. The van der Waals surface area contributed by atoms with Crippen molar-refractivity contribution in [3.8, 4) is 0 Å². The molecule has 0 aliphatic heterocycles. The van der Waals surface area contributed by atoms with E-state index in [2.05, 4.69) is 26.5 Å². The molecule has 0 saturated carbocycles. The van der Waals surface area contributed by atoms with E-state index in [1.54, 1.807) is 18.4 Å². The average molecular weight is 397 g/mol. The first kappa shape index (κ1) is 17.2. The minimum atomic E-state index is -0.154. The Hall–Kier alpha value is -2.66. The van der Waals surface area contributed by atoms with E-state index in [0.717, 1.165) is 26.6 Å². The van der Waals surface area contributed by atoms with Gasteiger partial charge >= 0.3 is 0 Å². The second kappa shape index (κ2) is 7.94. The number of nitrogens with zero attached hydrogens (tertiary/aromatic N) is 1. The molecule has 0 aliphatic carbocycles. The van der Waals surface area contributed by atoms with Gasteiger partial charge in [-0.1, -0.05) is 46.3 Å². The summed E-state index contributed by atoms with van der Waals surface area (Å²) in [6.45, 7) is 1.81. The van der Waals surface area contributed by atoms with Crippen LogP contribution in [0.25, 0.3) is 16.8 Å². The van der Waals surface area contributed by atoms with Crippen molar-refractivity contribution in [1.82, 2.24) is 5.43 Å². The largest absolute Gasteiger partial charge is 0.465 e. The first-order chi connectivity index (χ1) is 12.1. The van der Waals surface area contributed by atoms with Crippen molar-refractivity contribution in [2.75, 3.05) is 0 Å². The Morgan fingerprint density at radius 1 is 1.16 bits per heavy atom. The summed E-state index contributed by atoms with van der Waals surface area (Å²) in [4.78, 5) is 12.2. The lowest BCUT2D eigenvalue weighted by Crippen LogP contribution is -2.20. The summed E-state index contributed by atoms with van der Waals surface area (Å²) < 4.78 is 6.22. The Bertz CT molecular complexity index is 943. The number of benzene rings is 2. The summed E-state index contributed by atoms with van der Waals surface area (Å²) in [5.41, 5.74) is 4.25. The number of rotatable bonds is 5. The number of hydrogen-bond donors (Lipinski definition) is 1. The number of furan rings is 1. The van der Waals surface area contributed by atoms with Crippen molar-refractivity contribution < 1.29 is 9.21 Å². The number of hydrazone groups is 1. The van der Waals surface area contributed by atoms with Gasteiger partial charge in [0.05, 0.1) is 18.4 Å². The van der Waals surface area contributed by atoms with E-state index in [1.807, 2.05) is 55.5 Å². The second-order valence-corrected chi connectivity index (χ2v) is 6.42. The molecular weight excluding hydrogens is 380 g/mol. The van der Waals surface area contributed by atoms with E-state index >= 15 is 0 Å². The van der Waals surface area contributed by atoms with Crippen molar-refractivity contribution in [1.29, 1.82) is 0 Å². The highest BCUT2D eigenvalue weighted by Gasteiger charge is 2.08. The molecular formula is C20H17BrN2O2. The van der Waals surface area contributed by atoms with Gasteiger partial charge in [0, 0.05) is 4.47 Å². The number of nitrogens with one attached hydrogen (secondary N) is 1. The summed E-state index contributed by atoms with van der Waals surface area (Å²) in [5, 5.41) is 6.25. The van der Waals surface area contributed by atoms with Crippen molar-refractivity contribution in [2.24, 2.45) is 5.10 Å². The number of carbonyl (C=O) groups is 1. The molecule has 1 heterocycles. The summed E-state index contributed by atoms with van der Waals surface area (Å²) >= 11 is 3.54. The first-order valence-electron chi connectivity index (χ1n) is 7.84. The molecule has 0 spiro atoms. The Morgan fingerprint density at radius 2 is 1.96 bits per heavy atom. The van der Waals surface area contributed by atoms with Crippen LogP contribution in [0.15, 0.2) is 74.9 Å². The number of allylic oxidation sites excluding steroid dienone is 1. The molecule has 0 fully saturated rings. The van der Waals surface area contributed by atoms with Crippen molar-refractivity contribution >= 4 is 44.4 Å². The van der Waals surface area contributed by atoms with Gasteiger partial charge in [-0.2, -0.15) is 5.10 Å². The van der Waals surface area contributed by atoms with Crippen LogP contribution in [0.1, 0.15) is 18.2 Å². The van der Waals surface area contributed by atoms with Crippen LogP contribution in [0.3, 0.4) is 0 Å². The van der Waals surface area contributed by atoms with E-state index in [9.17, 15) is 4.79 Å². The van der Waals surface area contributed by atoms with E-state index in [-0.39, 0.29) is 12.3 Å². The maximum absolute atomic E-state index is 12.2. The zero-order chi connectivity index (χ0) is 17.6. The van der Waals surface area contributed by atoms with Gasteiger partial charge in [0.1, 0.15) is 5.76 Å². The van der Waals surface area contributed by atoms with Gasteiger partial charge in [-0.25, -0.2) is 5.43 Å². The molecule has 0 unspecified atom stereocenters. The summed E-state index contributed by atoms with van der Waals surface area (Å²) in [6, 6.07) is 15.6. The van der Waals surface area contributed by atoms with Gasteiger partial charge < -0.3 is 4.42 Å². The molecule has 1 amide bonds. The second-order valence-electron chi connectivity index (χ2n) is 5.57. The Labute approximate surface area is 154 Å². The highest BCUT2D eigenvalue weighted by molar-refractivity contribution is 9.10. The number of hydrogen-bond acceptors (Lipinski definition) is 3. The van der Waals surface area contributed by atoms with Crippen LogP contribution in [0, 0.1) is 0 Å². The van der Waals surface area contributed by atoms with Crippen LogP contribution >= 0.6 is 15.9 Å². The fraction of sp³-hybridized carbons (Fsp3) is 0.100. The summed E-state index contributed by atoms with van der Waals surface area (Å²) in [6.07, 6.45) is 5.46. The van der Waals surface area contributed by atoms with Gasteiger partial charge in [0.2, 0.25) is 5.91 Å². The van der Waals surface area contributed by atoms with Gasteiger partial charge in [-0.05, 0) is 53.6 Å². The van der Waals surface area contributed by atoms with E-state index in [0.29, 0.717) is 5.71 Å². The minimum absolute atomic E-state index is 0.154. The Morgan fingerprint density at radius 3 is 2.72 bits per heavy atom. The summed E-state index contributed by atoms with van der Waals surface area (Å²) in [5.74, 6) is 0.584. The lowest BCUT2D eigenvalue weighted by atomic mass is 10.0. The third kappa shape index (κ3) is 4.45. The molecule has 1 N–H and O–H groups in total. The Kier molecular flexibility index (Phi) is 5.46. The van der Waals surface area contributed by atoms with Crippen LogP contribution in [0.2, 0.25) is 0 Å². The predicted molar refractivity (Wildman–Crippen MR) is 104 cm³/mol. The van der Waals surface area contributed by atoms with Crippen LogP contribution in [-0.4, -0.2) is 11.6 Å². The maximum atomic E-state index is 12.2. The van der Waals surface area contributed by atoms with Crippen LogP contribution < -0.4 is 5.43 Å². The lowest BCUT2D eigenvalue weighted by molar-refractivity contribution is -0.120.